The molecule has 136 valence electrons. The van der Waals surface area contributed by atoms with E-state index >= 15 is 0 Å². The Morgan fingerprint density at radius 1 is 1.38 bits per heavy atom. The number of piperidine rings is 1. The molecule has 1 saturated heterocycles. The molecule has 2 rings (SSSR count). The van der Waals surface area contributed by atoms with Gasteiger partial charge >= 0.3 is 0 Å². The Bertz CT molecular complexity index is 518. The van der Waals surface area contributed by atoms with Gasteiger partial charge in [0.15, 0.2) is 5.96 Å². The fourth-order valence-electron chi connectivity index (χ4n) is 3.16. The van der Waals surface area contributed by atoms with E-state index in [1.165, 1.54) is 24.0 Å². The van der Waals surface area contributed by atoms with Crippen LogP contribution in [0.3, 0.4) is 0 Å². The van der Waals surface area contributed by atoms with Gasteiger partial charge in [-0.05, 0) is 43.5 Å². The Labute approximate surface area is 164 Å². The summed E-state index contributed by atoms with van der Waals surface area (Å²) in [6.07, 6.45) is 2.60. The molecule has 1 heterocycles. The molecule has 0 aromatic heterocycles. The first kappa shape index (κ1) is 21.2. The second kappa shape index (κ2) is 10.9. The summed E-state index contributed by atoms with van der Waals surface area (Å²) in [7, 11) is 4.04. The van der Waals surface area contributed by atoms with E-state index < -0.39 is 0 Å². The maximum Gasteiger partial charge on any atom is 0.193 e. The molecule has 1 unspecified atom stereocenters. The maximum atomic E-state index is 4.47. The molecule has 1 aromatic carbocycles. The van der Waals surface area contributed by atoms with Crippen LogP contribution in [-0.2, 0) is 13.1 Å². The molecule has 0 bridgehead atoms. The van der Waals surface area contributed by atoms with Gasteiger partial charge in [-0.15, -0.1) is 24.0 Å². The molecule has 1 N–H and O–H groups in total. The maximum absolute atomic E-state index is 4.47. The molecule has 5 heteroatoms. The van der Waals surface area contributed by atoms with Crippen LogP contribution in [0, 0.1) is 5.92 Å². The lowest BCUT2D eigenvalue weighted by Gasteiger charge is -2.33. The van der Waals surface area contributed by atoms with Crippen LogP contribution in [0.5, 0.6) is 0 Å². The zero-order valence-corrected chi connectivity index (χ0v) is 17.9. The summed E-state index contributed by atoms with van der Waals surface area (Å²) in [5.41, 5.74) is 2.69. The number of rotatable bonds is 5. The van der Waals surface area contributed by atoms with E-state index in [1.807, 2.05) is 7.05 Å². The highest BCUT2D eigenvalue weighted by Gasteiger charge is 2.18. The summed E-state index contributed by atoms with van der Waals surface area (Å²) in [6.45, 7) is 9.65. The molecule has 0 saturated carbocycles. The average molecular weight is 444 g/mol. The molecule has 1 aliphatic rings. The number of benzene rings is 1. The Balaban J connectivity index is 0.00000288. The van der Waals surface area contributed by atoms with Gasteiger partial charge < -0.3 is 15.1 Å². The van der Waals surface area contributed by atoms with E-state index in [9.17, 15) is 0 Å². The number of hydrogen-bond acceptors (Lipinski definition) is 2. The minimum atomic E-state index is 0. The number of aliphatic imine (C=N–C) groups is 1. The third-order valence-corrected chi connectivity index (χ3v) is 4.60. The molecule has 0 spiro atoms. The monoisotopic (exact) mass is 444 g/mol. The lowest BCUT2D eigenvalue weighted by Crippen LogP contribution is -2.45. The van der Waals surface area contributed by atoms with Gasteiger partial charge in [-0.2, -0.15) is 0 Å². The van der Waals surface area contributed by atoms with Gasteiger partial charge in [0, 0.05) is 33.2 Å². The van der Waals surface area contributed by atoms with Crippen molar-refractivity contribution in [2.75, 3.05) is 33.7 Å². The molecule has 0 amide bonds. The number of nitrogens with one attached hydrogen (secondary N) is 1. The third kappa shape index (κ3) is 6.59. The fraction of sp³-hybridized carbons (Fsp3) is 0.632. The van der Waals surface area contributed by atoms with Crippen LogP contribution >= 0.6 is 24.0 Å². The normalized spacial score (nSPS) is 18.5. The van der Waals surface area contributed by atoms with Crippen LogP contribution in [0.2, 0.25) is 0 Å². The number of halogens is 1. The highest BCUT2D eigenvalue weighted by molar-refractivity contribution is 14.0. The highest BCUT2D eigenvalue weighted by Crippen LogP contribution is 2.15. The predicted molar refractivity (Wildman–Crippen MR) is 114 cm³/mol. The van der Waals surface area contributed by atoms with E-state index in [4.69, 9.17) is 0 Å². The van der Waals surface area contributed by atoms with Crippen LogP contribution in [-0.4, -0.2) is 49.5 Å². The first-order valence-corrected chi connectivity index (χ1v) is 8.84. The topological polar surface area (TPSA) is 30.9 Å². The van der Waals surface area contributed by atoms with Crippen LogP contribution in [0.4, 0.5) is 0 Å². The summed E-state index contributed by atoms with van der Waals surface area (Å²) in [4.78, 5) is 9.18. The van der Waals surface area contributed by atoms with Gasteiger partial charge in [-0.3, -0.25) is 4.99 Å². The molecular weight excluding hydrogens is 411 g/mol. The third-order valence-electron chi connectivity index (χ3n) is 4.60. The molecule has 0 radical (unpaired) electrons. The van der Waals surface area contributed by atoms with Crippen molar-refractivity contribution in [1.29, 1.82) is 0 Å². The van der Waals surface area contributed by atoms with Gasteiger partial charge in [0.25, 0.3) is 0 Å². The number of guanidine groups is 1. The summed E-state index contributed by atoms with van der Waals surface area (Å²) in [5, 5.41) is 3.53. The van der Waals surface area contributed by atoms with Crippen molar-refractivity contribution < 1.29 is 0 Å². The fourth-order valence-corrected chi connectivity index (χ4v) is 3.16. The van der Waals surface area contributed by atoms with E-state index in [0.29, 0.717) is 0 Å². The van der Waals surface area contributed by atoms with Gasteiger partial charge in [0.05, 0.1) is 0 Å². The van der Waals surface area contributed by atoms with Gasteiger partial charge in [0.2, 0.25) is 0 Å². The number of likely N-dealkylation sites (tertiary alicyclic amines) is 1. The number of hydrogen-bond donors (Lipinski definition) is 1. The molecule has 1 atom stereocenters. The second-order valence-corrected chi connectivity index (χ2v) is 6.74. The molecule has 1 aromatic rings. The predicted octanol–water partition coefficient (Wildman–Crippen LogP) is 3.56. The molecule has 4 nitrogen and oxygen atoms in total. The summed E-state index contributed by atoms with van der Waals surface area (Å²) < 4.78 is 0. The second-order valence-electron chi connectivity index (χ2n) is 6.74. The van der Waals surface area contributed by atoms with E-state index in [0.717, 1.165) is 44.6 Å². The minimum absolute atomic E-state index is 0. The lowest BCUT2D eigenvalue weighted by molar-refractivity contribution is 0.266. The Morgan fingerprint density at radius 3 is 2.79 bits per heavy atom. The molecule has 1 aliphatic heterocycles. The lowest BCUT2D eigenvalue weighted by atomic mass is 10.0. The Morgan fingerprint density at radius 2 is 2.12 bits per heavy atom. The van der Waals surface area contributed by atoms with E-state index in [-0.39, 0.29) is 24.0 Å². The smallest absolute Gasteiger partial charge is 0.193 e. The van der Waals surface area contributed by atoms with Crippen LogP contribution in [0.1, 0.15) is 37.8 Å². The largest absolute Gasteiger partial charge is 0.352 e. The van der Waals surface area contributed by atoms with E-state index in [2.05, 4.69) is 65.3 Å². The average Bonchev–Trinajstić information content (AvgIpc) is 2.56. The first-order chi connectivity index (χ1) is 11.1. The van der Waals surface area contributed by atoms with Crippen molar-refractivity contribution in [2.24, 2.45) is 10.9 Å². The van der Waals surface area contributed by atoms with Gasteiger partial charge in [0.1, 0.15) is 0 Å². The molecule has 1 fully saturated rings. The van der Waals surface area contributed by atoms with Crippen molar-refractivity contribution in [3.63, 3.8) is 0 Å². The Kier molecular flexibility index (Phi) is 9.66. The molecule has 0 aliphatic carbocycles. The summed E-state index contributed by atoms with van der Waals surface area (Å²) >= 11 is 0. The summed E-state index contributed by atoms with van der Waals surface area (Å²) in [5.74, 6) is 1.79. The van der Waals surface area contributed by atoms with E-state index in [1.54, 1.807) is 0 Å². The zero-order valence-electron chi connectivity index (χ0n) is 15.6. The van der Waals surface area contributed by atoms with Crippen molar-refractivity contribution >= 4 is 29.9 Å². The highest BCUT2D eigenvalue weighted by atomic mass is 127. The van der Waals surface area contributed by atoms with Gasteiger partial charge in [-0.25, -0.2) is 0 Å². The SMILES string of the molecule is CCN(C)Cc1cccc(CNC(=NC)N2CCCC(C)C2)c1.I. The zero-order chi connectivity index (χ0) is 16.7. The van der Waals surface area contributed by atoms with Crippen LogP contribution < -0.4 is 5.32 Å². The first-order valence-electron chi connectivity index (χ1n) is 8.84. The number of nitrogens with zero attached hydrogens (tertiary/aromatic N) is 3. The van der Waals surface area contributed by atoms with Crippen molar-refractivity contribution in [3.05, 3.63) is 35.4 Å². The van der Waals surface area contributed by atoms with Crippen molar-refractivity contribution in [2.45, 2.75) is 39.8 Å². The molecular formula is C19H33IN4. The molecule has 24 heavy (non-hydrogen) atoms. The van der Waals surface area contributed by atoms with Crippen LogP contribution in [0.25, 0.3) is 0 Å². The minimum Gasteiger partial charge on any atom is -0.352 e. The Hall–Kier alpha value is -0.820. The van der Waals surface area contributed by atoms with Crippen LogP contribution in [0.15, 0.2) is 29.3 Å². The standard InChI is InChI=1S/C19H32N4.HI/c1-5-22(4)15-18-10-6-9-17(12-18)13-21-19(20-3)23-11-7-8-16(2)14-23;/h6,9-10,12,16H,5,7-8,11,13-15H2,1-4H3,(H,20,21);1H. The van der Waals surface area contributed by atoms with Gasteiger partial charge in [-0.1, -0.05) is 38.1 Å². The van der Waals surface area contributed by atoms with Crippen molar-refractivity contribution in [1.82, 2.24) is 15.1 Å². The quantitative estimate of drug-likeness (QED) is 0.428. The summed E-state index contributed by atoms with van der Waals surface area (Å²) in [6, 6.07) is 8.85. The van der Waals surface area contributed by atoms with Crippen molar-refractivity contribution in [3.8, 4) is 0 Å².